The van der Waals surface area contributed by atoms with Gasteiger partial charge in [-0.1, -0.05) is 12.1 Å². The van der Waals surface area contributed by atoms with Gasteiger partial charge in [-0.3, -0.25) is 0 Å². The minimum Gasteiger partial charge on any atom is -0.244 e. The third-order valence-electron chi connectivity index (χ3n) is 1.89. The number of hydrogen-bond donors (Lipinski definition) is 1. The first-order valence-corrected chi connectivity index (χ1v) is 4.88. The number of hydrogen-bond acceptors (Lipinski definition) is 2. The molecule has 1 heterocycles. The van der Waals surface area contributed by atoms with E-state index in [0.29, 0.717) is 5.82 Å². The Hall–Kier alpha value is -1.36. The van der Waals surface area contributed by atoms with Crippen LogP contribution in [0.3, 0.4) is 0 Å². The van der Waals surface area contributed by atoms with E-state index in [4.69, 9.17) is 0 Å². The minimum atomic E-state index is -0.335. The van der Waals surface area contributed by atoms with Crippen molar-refractivity contribution in [1.29, 1.82) is 0 Å². The second-order valence-electron chi connectivity index (χ2n) is 2.86. The van der Waals surface area contributed by atoms with Gasteiger partial charge in [-0.2, -0.15) is 4.98 Å². The highest BCUT2D eigenvalue weighted by molar-refractivity contribution is 9.10. The van der Waals surface area contributed by atoms with E-state index in [9.17, 15) is 4.79 Å². The summed E-state index contributed by atoms with van der Waals surface area (Å²) in [5, 5.41) is 2.62. The highest BCUT2D eigenvalue weighted by Gasteiger charge is 2.05. The molecule has 0 fully saturated rings. The Labute approximate surface area is 88.7 Å². The van der Waals surface area contributed by atoms with Gasteiger partial charge in [0.25, 0.3) is 0 Å². The van der Waals surface area contributed by atoms with Gasteiger partial charge in [-0.05, 0) is 35.0 Å². The summed E-state index contributed by atoms with van der Waals surface area (Å²) in [5.41, 5.74) is 0.540. The van der Waals surface area contributed by atoms with Crippen molar-refractivity contribution in [3.63, 3.8) is 0 Å². The zero-order valence-electron chi connectivity index (χ0n) is 7.49. The molecule has 5 heteroatoms. The average molecular weight is 254 g/mol. The molecule has 0 saturated carbocycles. The summed E-state index contributed by atoms with van der Waals surface area (Å²) < 4.78 is 2.56. The largest absolute Gasteiger partial charge is 0.361 e. The van der Waals surface area contributed by atoms with E-state index in [1.54, 1.807) is 11.6 Å². The zero-order valence-corrected chi connectivity index (χ0v) is 9.08. The number of nitrogens with one attached hydrogen (secondary N) is 1. The lowest BCUT2D eigenvalue weighted by molar-refractivity contribution is 0.828. The Kier molecular flexibility index (Phi) is 2.25. The van der Waals surface area contributed by atoms with Gasteiger partial charge >= 0.3 is 5.69 Å². The van der Waals surface area contributed by atoms with Gasteiger partial charge in [0.05, 0.1) is 5.69 Å². The molecule has 4 nitrogen and oxygen atoms in total. The van der Waals surface area contributed by atoms with Gasteiger partial charge < -0.3 is 0 Å². The van der Waals surface area contributed by atoms with Gasteiger partial charge in [-0.25, -0.2) is 14.6 Å². The molecule has 0 bridgehead atoms. The molecule has 1 N–H and O–H groups in total. The standard InChI is InChI=1S/C9H8BrN3O/c1-6-11-9(14)12-13(6)8-5-3-2-4-7(8)10/h2-5H,1H3,(H,12,14). The minimum absolute atomic E-state index is 0.335. The molecule has 0 unspecified atom stereocenters. The Morgan fingerprint density at radius 3 is 2.71 bits per heavy atom. The van der Waals surface area contributed by atoms with Crippen LogP contribution in [-0.2, 0) is 0 Å². The van der Waals surface area contributed by atoms with Crippen LogP contribution in [0.15, 0.2) is 33.5 Å². The summed E-state index contributed by atoms with van der Waals surface area (Å²) in [6, 6.07) is 7.62. The number of aryl methyl sites for hydroxylation is 1. The van der Waals surface area contributed by atoms with Gasteiger partial charge in [0.15, 0.2) is 0 Å². The fourth-order valence-electron chi connectivity index (χ4n) is 1.27. The van der Waals surface area contributed by atoms with Crippen LogP contribution in [0, 0.1) is 6.92 Å². The SMILES string of the molecule is Cc1nc(=O)[nH]n1-c1ccccc1Br. The summed E-state index contributed by atoms with van der Waals surface area (Å²) >= 11 is 3.41. The zero-order chi connectivity index (χ0) is 10.1. The molecule has 0 atom stereocenters. The monoisotopic (exact) mass is 253 g/mol. The third kappa shape index (κ3) is 1.50. The van der Waals surface area contributed by atoms with Crippen LogP contribution in [0.1, 0.15) is 5.82 Å². The van der Waals surface area contributed by atoms with Gasteiger partial charge in [0, 0.05) is 4.47 Å². The molecule has 2 rings (SSSR count). The number of halogens is 1. The molecule has 0 spiro atoms. The van der Waals surface area contributed by atoms with E-state index in [1.165, 1.54) is 0 Å². The summed E-state index contributed by atoms with van der Waals surface area (Å²) in [7, 11) is 0. The molecule has 0 aliphatic rings. The van der Waals surface area contributed by atoms with Crippen LogP contribution in [0.5, 0.6) is 0 Å². The summed E-state index contributed by atoms with van der Waals surface area (Å²) in [6.45, 7) is 1.78. The van der Waals surface area contributed by atoms with Crippen molar-refractivity contribution in [2.24, 2.45) is 0 Å². The van der Waals surface area contributed by atoms with E-state index >= 15 is 0 Å². The number of aromatic nitrogens is 3. The Morgan fingerprint density at radius 1 is 1.43 bits per heavy atom. The van der Waals surface area contributed by atoms with Crippen molar-refractivity contribution in [2.45, 2.75) is 6.92 Å². The number of aromatic amines is 1. The number of para-hydroxylation sites is 1. The van der Waals surface area contributed by atoms with E-state index in [0.717, 1.165) is 10.2 Å². The maximum absolute atomic E-state index is 11.0. The predicted molar refractivity (Wildman–Crippen MR) is 56.6 cm³/mol. The molecule has 72 valence electrons. The summed E-state index contributed by atoms with van der Waals surface area (Å²) in [5.74, 6) is 0.641. The smallest absolute Gasteiger partial charge is 0.244 e. The third-order valence-corrected chi connectivity index (χ3v) is 2.56. The predicted octanol–water partition coefficient (Wildman–Crippen LogP) is 1.63. The molecule has 1 aromatic carbocycles. The number of rotatable bonds is 1. The van der Waals surface area contributed by atoms with Crippen molar-refractivity contribution < 1.29 is 0 Å². The normalized spacial score (nSPS) is 10.4. The first-order chi connectivity index (χ1) is 6.68. The molecule has 0 aliphatic heterocycles. The van der Waals surface area contributed by atoms with Crippen LogP contribution in [0.4, 0.5) is 0 Å². The van der Waals surface area contributed by atoms with E-state index in [-0.39, 0.29) is 5.69 Å². The molecule has 0 aliphatic carbocycles. The lowest BCUT2D eigenvalue weighted by atomic mass is 10.3. The molecule has 14 heavy (non-hydrogen) atoms. The number of benzene rings is 1. The highest BCUT2D eigenvalue weighted by Crippen LogP contribution is 2.19. The second-order valence-corrected chi connectivity index (χ2v) is 3.72. The first-order valence-electron chi connectivity index (χ1n) is 4.09. The van der Waals surface area contributed by atoms with Gasteiger partial charge in [0.1, 0.15) is 5.82 Å². The van der Waals surface area contributed by atoms with Gasteiger partial charge in [-0.15, -0.1) is 0 Å². The lowest BCUT2D eigenvalue weighted by Gasteiger charge is -2.05. The summed E-state index contributed by atoms with van der Waals surface area (Å²) in [6.07, 6.45) is 0. The van der Waals surface area contributed by atoms with E-state index < -0.39 is 0 Å². The molecule has 2 aromatic rings. The number of H-pyrrole nitrogens is 1. The van der Waals surface area contributed by atoms with Crippen LogP contribution >= 0.6 is 15.9 Å². The lowest BCUT2D eigenvalue weighted by Crippen LogP contribution is -2.05. The molecule has 1 aromatic heterocycles. The van der Waals surface area contributed by atoms with Crippen LogP contribution in [0.25, 0.3) is 5.69 Å². The first kappa shape index (κ1) is 9.21. The second kappa shape index (κ2) is 3.42. The summed E-state index contributed by atoms with van der Waals surface area (Å²) in [4.78, 5) is 14.8. The maximum Gasteiger partial charge on any atom is 0.361 e. The van der Waals surface area contributed by atoms with Crippen molar-refractivity contribution >= 4 is 15.9 Å². The average Bonchev–Trinajstić information content (AvgIpc) is 2.46. The molecule has 0 radical (unpaired) electrons. The van der Waals surface area contributed by atoms with E-state index in [2.05, 4.69) is 26.0 Å². The Morgan fingerprint density at radius 2 is 2.14 bits per heavy atom. The van der Waals surface area contributed by atoms with Crippen LogP contribution < -0.4 is 5.69 Å². The molecule has 0 amide bonds. The van der Waals surface area contributed by atoms with Crippen molar-refractivity contribution in [3.05, 3.63) is 45.0 Å². The maximum atomic E-state index is 11.0. The molecule has 0 saturated heterocycles. The number of nitrogens with zero attached hydrogens (tertiary/aromatic N) is 2. The topological polar surface area (TPSA) is 50.7 Å². The fraction of sp³-hybridized carbons (Fsp3) is 0.111. The van der Waals surface area contributed by atoms with Crippen molar-refractivity contribution in [1.82, 2.24) is 14.8 Å². The van der Waals surface area contributed by atoms with Crippen LogP contribution in [-0.4, -0.2) is 14.8 Å². The van der Waals surface area contributed by atoms with E-state index in [1.807, 2.05) is 24.3 Å². The van der Waals surface area contributed by atoms with Crippen molar-refractivity contribution in [3.8, 4) is 5.69 Å². The van der Waals surface area contributed by atoms with Crippen molar-refractivity contribution in [2.75, 3.05) is 0 Å². The highest BCUT2D eigenvalue weighted by atomic mass is 79.9. The Bertz CT molecular complexity index is 515. The van der Waals surface area contributed by atoms with Gasteiger partial charge in [0.2, 0.25) is 0 Å². The quantitative estimate of drug-likeness (QED) is 0.840. The molecular weight excluding hydrogens is 246 g/mol. The van der Waals surface area contributed by atoms with Crippen LogP contribution in [0.2, 0.25) is 0 Å². The molecular formula is C9H8BrN3O. The Balaban J connectivity index is 2.66. The fourth-order valence-corrected chi connectivity index (χ4v) is 1.73.